The normalized spacial score (nSPS) is 23.9. The molecule has 5 rings (SSSR count). The molecule has 0 bridgehead atoms. The summed E-state index contributed by atoms with van der Waals surface area (Å²) in [6, 6.07) is 10.8. The highest BCUT2D eigenvalue weighted by atomic mass is 32.2. The molecule has 12 nitrogen and oxygen atoms in total. The molecule has 226 valence electrons. The summed E-state index contributed by atoms with van der Waals surface area (Å²) in [4.78, 5) is 30.3. The number of hydrogen-bond donors (Lipinski definition) is 2. The van der Waals surface area contributed by atoms with E-state index in [-0.39, 0.29) is 34.6 Å². The molecule has 0 spiro atoms. The molecule has 0 amide bonds. The van der Waals surface area contributed by atoms with E-state index in [1.807, 2.05) is 18.7 Å². The van der Waals surface area contributed by atoms with Gasteiger partial charge in [0.15, 0.2) is 17.9 Å². The summed E-state index contributed by atoms with van der Waals surface area (Å²) in [5, 5.41) is 2.90. The average Bonchev–Trinajstić information content (AvgIpc) is 3.41. The van der Waals surface area contributed by atoms with Gasteiger partial charge in [-0.15, -0.1) is 4.40 Å². The maximum Gasteiger partial charge on any atom is 0.286 e. The molecule has 1 aliphatic carbocycles. The third-order valence-corrected chi connectivity index (χ3v) is 9.67. The van der Waals surface area contributed by atoms with Crippen molar-refractivity contribution in [2.45, 2.75) is 43.4 Å². The van der Waals surface area contributed by atoms with Crippen LogP contribution in [0.1, 0.15) is 42.6 Å². The lowest BCUT2D eigenvalue weighted by atomic mass is 9.66. The van der Waals surface area contributed by atoms with Gasteiger partial charge in [0.25, 0.3) is 10.0 Å². The monoisotopic (exact) mass is 618 g/mol. The number of carbonyl (C=O) groups is 2. The molecule has 2 unspecified atom stereocenters. The first-order valence-corrected chi connectivity index (χ1v) is 16.9. The number of fused-ring (bicyclic) bond motifs is 2. The van der Waals surface area contributed by atoms with Crippen LogP contribution in [0.25, 0.3) is 0 Å². The van der Waals surface area contributed by atoms with Crippen molar-refractivity contribution in [2.24, 2.45) is 16.2 Å². The van der Waals surface area contributed by atoms with E-state index in [1.165, 1.54) is 12.1 Å². The van der Waals surface area contributed by atoms with Gasteiger partial charge in [-0.2, -0.15) is 8.42 Å². The zero-order valence-corrected chi connectivity index (χ0v) is 25.4. The van der Waals surface area contributed by atoms with E-state index in [9.17, 15) is 26.4 Å². The molecule has 2 aliphatic heterocycles. The summed E-state index contributed by atoms with van der Waals surface area (Å²) >= 11 is 0. The van der Waals surface area contributed by atoms with Gasteiger partial charge in [-0.05, 0) is 49.6 Å². The zero-order chi connectivity index (χ0) is 30.4. The van der Waals surface area contributed by atoms with Gasteiger partial charge >= 0.3 is 0 Å². The highest BCUT2D eigenvalue weighted by Crippen LogP contribution is 2.45. The molecule has 2 heterocycles. The molecule has 0 saturated carbocycles. The Hall–Kier alpha value is -3.17. The van der Waals surface area contributed by atoms with Crippen LogP contribution in [0.15, 0.2) is 51.8 Å². The molecule has 0 radical (unpaired) electrons. The minimum Gasteiger partial charge on any atom is -0.349 e. The number of nitrogens with one attached hydrogen (secondary N) is 2. The maximum atomic E-state index is 14.7. The minimum atomic E-state index is -4.41. The van der Waals surface area contributed by atoms with E-state index in [0.717, 1.165) is 12.3 Å². The van der Waals surface area contributed by atoms with Crippen LogP contribution in [-0.4, -0.2) is 78.5 Å². The number of ketones is 2. The predicted octanol–water partition coefficient (Wildman–Crippen LogP) is 2.59. The van der Waals surface area contributed by atoms with Crippen molar-refractivity contribution < 1.29 is 35.9 Å². The quantitative estimate of drug-likeness (QED) is 0.400. The number of sulfonamides is 2. The van der Waals surface area contributed by atoms with Crippen LogP contribution < -0.4 is 10.0 Å². The number of carbonyl (C=O) groups excluding carboxylic acids is 2. The molecule has 3 aliphatic rings. The standard InChI is InChI=1S/C28H34N4O8S2/c1-17(2)11-12-28(32(3)16-23-39-13-14-40-23)20-8-6-5-7-19(20)25(33)24(26(28)34)27-29-21-10-9-18(30-41(4,35)36)15-22(21)42(37,38)31-27/h5-10,15,17,23-24,30H,11-14,16H2,1-4H3,(H,29,31). The van der Waals surface area contributed by atoms with Crippen LogP contribution in [0, 0.1) is 11.8 Å². The Kier molecular flexibility index (Phi) is 8.04. The highest BCUT2D eigenvalue weighted by molar-refractivity contribution is 7.92. The summed E-state index contributed by atoms with van der Waals surface area (Å²) in [6.45, 7) is 5.20. The number of rotatable bonds is 9. The van der Waals surface area contributed by atoms with Crippen molar-refractivity contribution in [1.82, 2.24) is 4.90 Å². The second-order valence-corrected chi connectivity index (χ2v) is 14.5. The Balaban J connectivity index is 1.62. The van der Waals surface area contributed by atoms with Crippen LogP contribution >= 0.6 is 0 Å². The van der Waals surface area contributed by atoms with E-state index in [0.29, 0.717) is 37.2 Å². The van der Waals surface area contributed by atoms with Crippen molar-refractivity contribution in [1.29, 1.82) is 0 Å². The van der Waals surface area contributed by atoms with E-state index in [1.54, 1.807) is 31.3 Å². The number of benzene rings is 2. The van der Waals surface area contributed by atoms with Gasteiger partial charge in [0.1, 0.15) is 22.2 Å². The molecule has 42 heavy (non-hydrogen) atoms. The van der Waals surface area contributed by atoms with E-state index >= 15 is 0 Å². The van der Waals surface area contributed by atoms with Crippen molar-refractivity contribution in [3.63, 3.8) is 0 Å². The van der Waals surface area contributed by atoms with Gasteiger partial charge in [-0.25, -0.2) is 8.42 Å². The van der Waals surface area contributed by atoms with Crippen molar-refractivity contribution in [3.05, 3.63) is 53.6 Å². The summed E-state index contributed by atoms with van der Waals surface area (Å²) in [5.74, 6) is -2.65. The predicted molar refractivity (Wildman–Crippen MR) is 156 cm³/mol. The first-order chi connectivity index (χ1) is 19.7. The molecular formula is C28H34N4O8S2. The molecule has 2 aromatic carbocycles. The first kappa shape index (κ1) is 30.3. The SMILES string of the molecule is CC(C)CCC1(N(C)CC2OCCO2)C(=O)C(C2=NS(=O)(=O)c3cc(NS(C)(=O)=O)ccc3N2)C(=O)c2ccccc21. The lowest BCUT2D eigenvalue weighted by molar-refractivity contribution is -0.138. The molecule has 0 aromatic heterocycles. The van der Waals surface area contributed by atoms with Crippen LogP contribution in [0.4, 0.5) is 11.4 Å². The molecular weight excluding hydrogens is 584 g/mol. The first-order valence-electron chi connectivity index (χ1n) is 13.6. The van der Waals surface area contributed by atoms with E-state index in [4.69, 9.17) is 9.47 Å². The Morgan fingerprint density at radius 3 is 2.50 bits per heavy atom. The van der Waals surface area contributed by atoms with Gasteiger partial charge in [0.05, 0.1) is 31.7 Å². The van der Waals surface area contributed by atoms with Gasteiger partial charge < -0.3 is 14.8 Å². The van der Waals surface area contributed by atoms with Gasteiger partial charge in [0, 0.05) is 11.3 Å². The molecule has 14 heteroatoms. The van der Waals surface area contributed by atoms with Crippen LogP contribution in [-0.2, 0) is 39.9 Å². The Labute approximate surface area is 245 Å². The Morgan fingerprint density at radius 2 is 1.83 bits per heavy atom. The summed E-state index contributed by atoms with van der Waals surface area (Å²) in [7, 11) is -6.30. The van der Waals surface area contributed by atoms with Gasteiger partial charge in [-0.3, -0.25) is 19.2 Å². The maximum absolute atomic E-state index is 14.7. The van der Waals surface area contributed by atoms with Crippen molar-refractivity contribution in [2.75, 3.05) is 43.1 Å². The minimum absolute atomic E-state index is 0.0321. The third-order valence-electron chi connectivity index (χ3n) is 7.74. The summed E-state index contributed by atoms with van der Waals surface area (Å²) in [5.41, 5.74) is -0.330. The Bertz CT molecular complexity index is 1670. The topological polar surface area (TPSA) is 161 Å². The lowest BCUT2D eigenvalue weighted by Crippen LogP contribution is -2.60. The molecule has 1 fully saturated rings. The fourth-order valence-corrected chi connectivity index (χ4v) is 7.50. The Morgan fingerprint density at radius 1 is 1.14 bits per heavy atom. The van der Waals surface area contributed by atoms with Crippen molar-refractivity contribution in [3.8, 4) is 0 Å². The lowest BCUT2D eigenvalue weighted by Gasteiger charge is -2.47. The largest absolute Gasteiger partial charge is 0.349 e. The van der Waals surface area contributed by atoms with Crippen LogP contribution in [0.3, 0.4) is 0 Å². The van der Waals surface area contributed by atoms with Crippen LogP contribution in [0.2, 0.25) is 0 Å². The number of nitrogens with zero attached hydrogens (tertiary/aromatic N) is 2. The molecule has 2 aromatic rings. The molecule has 1 saturated heterocycles. The van der Waals surface area contributed by atoms with E-state index < -0.39 is 49.4 Å². The average molecular weight is 619 g/mol. The smallest absolute Gasteiger partial charge is 0.286 e. The second-order valence-electron chi connectivity index (χ2n) is 11.2. The van der Waals surface area contributed by atoms with Crippen LogP contribution in [0.5, 0.6) is 0 Å². The van der Waals surface area contributed by atoms with Gasteiger partial charge in [0.2, 0.25) is 10.0 Å². The summed E-state index contributed by atoms with van der Waals surface area (Å²) in [6.07, 6.45) is 1.40. The number of hydrogen-bond acceptors (Lipinski definition) is 10. The molecule has 2 N–H and O–H groups in total. The summed E-state index contributed by atoms with van der Waals surface area (Å²) < 4.78 is 67.6. The van der Waals surface area contributed by atoms with Crippen molar-refractivity contribution >= 4 is 48.8 Å². The zero-order valence-electron chi connectivity index (χ0n) is 23.8. The number of likely N-dealkylation sites (N-methyl/N-ethyl adjacent to an activating group) is 1. The number of amidine groups is 1. The number of Topliss-reactive ketones (excluding diaryl/α,β-unsaturated/α-hetero) is 2. The third kappa shape index (κ3) is 5.61. The number of ether oxygens (including phenoxy) is 2. The molecule has 2 atom stereocenters. The second kappa shape index (κ2) is 11.2. The van der Waals surface area contributed by atoms with Gasteiger partial charge in [-0.1, -0.05) is 38.1 Å². The fraction of sp³-hybridized carbons (Fsp3) is 0.464. The number of anilines is 2. The fourth-order valence-electron chi connectivity index (χ4n) is 5.77. The van der Waals surface area contributed by atoms with E-state index in [2.05, 4.69) is 14.4 Å². The highest BCUT2D eigenvalue weighted by Gasteiger charge is 2.56.